The Hall–Kier alpha value is -2.26. The molecule has 1 aromatic rings. The van der Waals surface area contributed by atoms with Crippen LogP contribution in [0.5, 0.6) is 5.75 Å². The Morgan fingerprint density at radius 1 is 1.12 bits per heavy atom. The molecular formula is C14H14N2O. The van der Waals surface area contributed by atoms with E-state index < -0.39 is 0 Å². The standard InChI is InChI=1S/C14H14N2O/c1-2-3-4-5-6-17-14-8-12(10-15)7-13(9-14)11-16/h3-4,7-9H,2,5-6H2,1H3/b4-3-. The maximum absolute atomic E-state index is 8.80. The molecule has 0 aliphatic heterocycles. The predicted octanol–water partition coefficient (Wildman–Crippen LogP) is 3.17. The molecule has 0 fully saturated rings. The molecule has 0 heterocycles. The van der Waals surface area contributed by atoms with Crippen LogP contribution >= 0.6 is 0 Å². The number of rotatable bonds is 5. The molecule has 0 bridgehead atoms. The van der Waals surface area contributed by atoms with Gasteiger partial charge in [0.2, 0.25) is 0 Å². The van der Waals surface area contributed by atoms with Crippen LogP contribution in [0.4, 0.5) is 0 Å². The lowest BCUT2D eigenvalue weighted by molar-refractivity contribution is 0.324. The van der Waals surface area contributed by atoms with E-state index in [4.69, 9.17) is 15.3 Å². The second-order valence-electron chi connectivity index (χ2n) is 3.49. The molecule has 0 atom stereocenters. The van der Waals surface area contributed by atoms with Gasteiger partial charge >= 0.3 is 0 Å². The van der Waals surface area contributed by atoms with E-state index in [9.17, 15) is 0 Å². The average Bonchev–Trinajstić information content (AvgIpc) is 2.38. The zero-order valence-corrected chi connectivity index (χ0v) is 9.81. The van der Waals surface area contributed by atoms with Crippen LogP contribution in [0.2, 0.25) is 0 Å². The van der Waals surface area contributed by atoms with Crippen molar-refractivity contribution < 1.29 is 4.74 Å². The first kappa shape index (κ1) is 12.8. The predicted molar refractivity (Wildman–Crippen MR) is 65.4 cm³/mol. The summed E-state index contributed by atoms with van der Waals surface area (Å²) < 4.78 is 5.48. The highest BCUT2D eigenvalue weighted by atomic mass is 16.5. The summed E-state index contributed by atoms with van der Waals surface area (Å²) in [5.41, 5.74) is 0.895. The fourth-order valence-electron chi connectivity index (χ4n) is 1.34. The fourth-order valence-corrected chi connectivity index (χ4v) is 1.34. The second-order valence-corrected chi connectivity index (χ2v) is 3.49. The summed E-state index contributed by atoms with van der Waals surface area (Å²) in [6.45, 7) is 2.63. The minimum absolute atomic E-state index is 0.447. The minimum Gasteiger partial charge on any atom is -0.493 e. The van der Waals surface area contributed by atoms with Crippen LogP contribution in [0.15, 0.2) is 30.4 Å². The number of hydrogen-bond donors (Lipinski definition) is 0. The highest BCUT2D eigenvalue weighted by Crippen LogP contribution is 2.16. The quantitative estimate of drug-likeness (QED) is 0.572. The first-order valence-corrected chi connectivity index (χ1v) is 5.53. The van der Waals surface area contributed by atoms with Gasteiger partial charge in [0, 0.05) is 0 Å². The van der Waals surface area contributed by atoms with Crippen molar-refractivity contribution in [1.82, 2.24) is 0 Å². The summed E-state index contributed by atoms with van der Waals surface area (Å²) in [5, 5.41) is 17.6. The Morgan fingerprint density at radius 2 is 1.76 bits per heavy atom. The molecule has 0 spiro atoms. The highest BCUT2D eigenvalue weighted by Gasteiger charge is 2.00. The van der Waals surface area contributed by atoms with E-state index in [0.29, 0.717) is 23.5 Å². The van der Waals surface area contributed by atoms with Crippen LogP contribution < -0.4 is 4.74 Å². The first-order valence-electron chi connectivity index (χ1n) is 5.53. The summed E-state index contributed by atoms with van der Waals surface area (Å²) in [6, 6.07) is 8.85. The fraction of sp³-hybridized carbons (Fsp3) is 0.286. The molecule has 0 aliphatic rings. The third-order valence-electron chi connectivity index (χ3n) is 2.12. The molecule has 3 nitrogen and oxygen atoms in total. The number of ether oxygens (including phenoxy) is 1. The summed E-state index contributed by atoms with van der Waals surface area (Å²) in [4.78, 5) is 0. The summed E-state index contributed by atoms with van der Waals surface area (Å²) >= 11 is 0. The smallest absolute Gasteiger partial charge is 0.121 e. The maximum atomic E-state index is 8.80. The molecule has 1 aromatic carbocycles. The molecule has 0 aromatic heterocycles. The molecule has 0 aliphatic carbocycles. The Morgan fingerprint density at radius 3 is 2.29 bits per heavy atom. The van der Waals surface area contributed by atoms with Gasteiger partial charge in [-0.1, -0.05) is 19.1 Å². The molecule has 0 unspecified atom stereocenters. The zero-order chi connectivity index (χ0) is 12.5. The molecule has 0 radical (unpaired) electrons. The van der Waals surface area contributed by atoms with Gasteiger partial charge in [0.25, 0.3) is 0 Å². The van der Waals surface area contributed by atoms with Crippen molar-refractivity contribution in [3.63, 3.8) is 0 Å². The van der Waals surface area contributed by atoms with Crippen LogP contribution in [-0.4, -0.2) is 6.61 Å². The number of nitriles is 2. The van der Waals surface area contributed by atoms with Gasteiger partial charge < -0.3 is 4.74 Å². The van der Waals surface area contributed by atoms with Crippen molar-refractivity contribution in [3.8, 4) is 17.9 Å². The Labute approximate surface area is 102 Å². The highest BCUT2D eigenvalue weighted by molar-refractivity contribution is 5.45. The van der Waals surface area contributed by atoms with Gasteiger partial charge in [-0.2, -0.15) is 10.5 Å². The van der Waals surface area contributed by atoms with Crippen LogP contribution in [0.25, 0.3) is 0 Å². The van der Waals surface area contributed by atoms with Crippen molar-refractivity contribution in [3.05, 3.63) is 41.5 Å². The third-order valence-corrected chi connectivity index (χ3v) is 2.12. The van der Waals surface area contributed by atoms with Gasteiger partial charge in [-0.3, -0.25) is 0 Å². The van der Waals surface area contributed by atoms with Crippen molar-refractivity contribution in [1.29, 1.82) is 10.5 Å². The van der Waals surface area contributed by atoms with Gasteiger partial charge in [-0.05, 0) is 31.0 Å². The minimum atomic E-state index is 0.447. The topological polar surface area (TPSA) is 56.8 Å². The van der Waals surface area contributed by atoms with Crippen molar-refractivity contribution in [2.75, 3.05) is 6.61 Å². The van der Waals surface area contributed by atoms with E-state index in [1.54, 1.807) is 18.2 Å². The molecule has 1 rings (SSSR count). The summed E-state index contributed by atoms with van der Waals surface area (Å²) in [5.74, 6) is 0.575. The molecule has 0 N–H and O–H groups in total. The van der Waals surface area contributed by atoms with Gasteiger partial charge in [0.15, 0.2) is 0 Å². The summed E-state index contributed by atoms with van der Waals surface area (Å²) in [7, 11) is 0. The average molecular weight is 226 g/mol. The summed E-state index contributed by atoms with van der Waals surface area (Å²) in [6.07, 6.45) is 5.98. The van der Waals surface area contributed by atoms with Crippen LogP contribution in [0.1, 0.15) is 30.9 Å². The van der Waals surface area contributed by atoms with Crippen molar-refractivity contribution in [2.45, 2.75) is 19.8 Å². The van der Waals surface area contributed by atoms with Crippen LogP contribution in [0, 0.1) is 22.7 Å². The number of nitrogens with zero attached hydrogens (tertiary/aromatic N) is 2. The van der Waals surface area contributed by atoms with E-state index >= 15 is 0 Å². The SMILES string of the molecule is CC/C=C\CCOc1cc(C#N)cc(C#N)c1. The van der Waals surface area contributed by atoms with Crippen molar-refractivity contribution >= 4 is 0 Å². The lowest BCUT2D eigenvalue weighted by atomic mass is 10.1. The lowest BCUT2D eigenvalue weighted by Crippen LogP contribution is -1.96. The lowest BCUT2D eigenvalue weighted by Gasteiger charge is -2.05. The van der Waals surface area contributed by atoms with E-state index in [1.807, 2.05) is 12.1 Å². The maximum Gasteiger partial charge on any atom is 0.121 e. The Balaban J connectivity index is 2.62. The van der Waals surface area contributed by atoms with Crippen LogP contribution in [-0.2, 0) is 0 Å². The number of allylic oxidation sites excluding steroid dienone is 1. The first-order chi connectivity index (χ1) is 8.30. The monoisotopic (exact) mass is 226 g/mol. The van der Waals surface area contributed by atoms with E-state index in [0.717, 1.165) is 12.8 Å². The second kappa shape index (κ2) is 7.09. The van der Waals surface area contributed by atoms with Crippen LogP contribution in [0.3, 0.4) is 0 Å². The van der Waals surface area contributed by atoms with E-state index in [-0.39, 0.29) is 0 Å². The molecule has 0 saturated carbocycles. The van der Waals surface area contributed by atoms with E-state index in [1.165, 1.54) is 0 Å². The molecular weight excluding hydrogens is 212 g/mol. The zero-order valence-electron chi connectivity index (χ0n) is 9.81. The normalized spacial score (nSPS) is 9.82. The number of benzene rings is 1. The molecule has 86 valence electrons. The molecule has 17 heavy (non-hydrogen) atoms. The van der Waals surface area contributed by atoms with E-state index in [2.05, 4.69) is 19.1 Å². The molecule has 3 heteroatoms. The van der Waals surface area contributed by atoms with Gasteiger partial charge in [0.05, 0.1) is 29.9 Å². The molecule has 0 amide bonds. The largest absolute Gasteiger partial charge is 0.493 e. The third kappa shape index (κ3) is 4.40. The van der Waals surface area contributed by atoms with Gasteiger partial charge in [-0.15, -0.1) is 0 Å². The van der Waals surface area contributed by atoms with Crippen molar-refractivity contribution in [2.24, 2.45) is 0 Å². The Kier molecular flexibility index (Phi) is 5.34. The van der Waals surface area contributed by atoms with Gasteiger partial charge in [0.1, 0.15) is 5.75 Å². The molecule has 0 saturated heterocycles. The number of hydrogen-bond acceptors (Lipinski definition) is 3. The van der Waals surface area contributed by atoms with Gasteiger partial charge in [-0.25, -0.2) is 0 Å². The Bertz CT molecular complexity index is 446.